The normalized spacial score (nSPS) is 11.4. The highest BCUT2D eigenvalue weighted by atomic mass is 16.5. The van der Waals surface area contributed by atoms with E-state index in [1.165, 1.54) is 0 Å². The molecule has 136 valence electrons. The summed E-state index contributed by atoms with van der Waals surface area (Å²) in [6.45, 7) is 7.00. The molecule has 0 heterocycles. The smallest absolute Gasteiger partial charge is 0.193 e. The first-order valence-corrected chi connectivity index (χ1v) is 8.52. The van der Waals surface area contributed by atoms with Gasteiger partial charge >= 0.3 is 0 Å². The summed E-state index contributed by atoms with van der Waals surface area (Å²) in [5.41, 5.74) is 0. The van der Waals surface area contributed by atoms with E-state index in [9.17, 15) is 0 Å². The van der Waals surface area contributed by atoms with Crippen molar-refractivity contribution < 1.29 is 14.2 Å². The van der Waals surface area contributed by atoms with E-state index in [2.05, 4.69) is 22.1 Å². The lowest BCUT2D eigenvalue weighted by molar-refractivity contribution is 0.0702. The highest BCUT2D eigenvalue weighted by Gasteiger charge is 2.05. The number of nitrogens with zero attached hydrogens (tertiary/aromatic N) is 2. The largest absolute Gasteiger partial charge is 0.492 e. The van der Waals surface area contributed by atoms with Crippen molar-refractivity contribution in [1.29, 1.82) is 0 Å². The number of para-hydroxylation sites is 1. The summed E-state index contributed by atoms with van der Waals surface area (Å²) in [6, 6.07) is 9.85. The second kappa shape index (κ2) is 13.6. The first-order chi connectivity index (χ1) is 11.8. The van der Waals surface area contributed by atoms with Crippen molar-refractivity contribution in [3.05, 3.63) is 30.3 Å². The molecule has 0 bridgehead atoms. The van der Waals surface area contributed by atoms with E-state index in [0.29, 0.717) is 26.4 Å². The lowest BCUT2D eigenvalue weighted by Crippen LogP contribution is -2.41. The highest BCUT2D eigenvalue weighted by Crippen LogP contribution is 2.07. The number of benzene rings is 1. The molecule has 0 saturated heterocycles. The molecule has 0 saturated carbocycles. The molecular formula is C18H31N3O3. The minimum Gasteiger partial charge on any atom is -0.492 e. The van der Waals surface area contributed by atoms with Crippen molar-refractivity contribution in [1.82, 2.24) is 10.2 Å². The maximum absolute atomic E-state index is 5.73. The highest BCUT2D eigenvalue weighted by molar-refractivity contribution is 5.79. The van der Waals surface area contributed by atoms with Crippen molar-refractivity contribution in [3.8, 4) is 5.75 Å². The SMILES string of the molecule is CCNC(=NCCCOCCOC)N(C)CCOc1ccccc1. The monoisotopic (exact) mass is 337 g/mol. The Morgan fingerprint density at radius 1 is 1.12 bits per heavy atom. The number of likely N-dealkylation sites (N-methyl/N-ethyl adjacent to an activating group) is 1. The summed E-state index contributed by atoms with van der Waals surface area (Å²) in [4.78, 5) is 6.70. The molecule has 1 aromatic carbocycles. The molecule has 1 N–H and O–H groups in total. The number of hydrogen-bond donors (Lipinski definition) is 1. The molecule has 0 aliphatic carbocycles. The number of methoxy groups -OCH3 is 1. The van der Waals surface area contributed by atoms with Crippen LogP contribution >= 0.6 is 0 Å². The van der Waals surface area contributed by atoms with Crippen molar-refractivity contribution >= 4 is 5.96 Å². The Hall–Kier alpha value is -1.79. The molecule has 1 aromatic rings. The topological polar surface area (TPSA) is 55.3 Å². The predicted molar refractivity (Wildman–Crippen MR) is 97.9 cm³/mol. The van der Waals surface area contributed by atoms with Gasteiger partial charge in [-0.15, -0.1) is 0 Å². The van der Waals surface area contributed by atoms with E-state index in [0.717, 1.165) is 37.8 Å². The molecule has 6 nitrogen and oxygen atoms in total. The Bertz CT molecular complexity index is 440. The van der Waals surface area contributed by atoms with Gasteiger partial charge in [-0.2, -0.15) is 0 Å². The van der Waals surface area contributed by atoms with Crippen molar-refractivity contribution in [3.63, 3.8) is 0 Å². The molecule has 24 heavy (non-hydrogen) atoms. The Kier molecular flexibility index (Phi) is 11.5. The van der Waals surface area contributed by atoms with Crippen LogP contribution in [0.4, 0.5) is 0 Å². The fraction of sp³-hybridized carbons (Fsp3) is 0.611. The van der Waals surface area contributed by atoms with Gasteiger partial charge in [-0.3, -0.25) is 4.99 Å². The van der Waals surface area contributed by atoms with Crippen LogP contribution in [0.25, 0.3) is 0 Å². The van der Waals surface area contributed by atoms with Gasteiger partial charge in [0, 0.05) is 33.9 Å². The molecular weight excluding hydrogens is 306 g/mol. The third-order valence-corrected chi connectivity index (χ3v) is 3.28. The van der Waals surface area contributed by atoms with Gasteiger partial charge in [0.1, 0.15) is 12.4 Å². The fourth-order valence-electron chi connectivity index (χ4n) is 1.99. The Morgan fingerprint density at radius 2 is 1.92 bits per heavy atom. The van der Waals surface area contributed by atoms with E-state index in [1.807, 2.05) is 37.4 Å². The van der Waals surface area contributed by atoms with Crippen LogP contribution in [0.5, 0.6) is 5.75 Å². The van der Waals surface area contributed by atoms with Gasteiger partial charge in [0.25, 0.3) is 0 Å². The molecule has 0 fully saturated rings. The second-order valence-electron chi connectivity index (χ2n) is 5.28. The van der Waals surface area contributed by atoms with Gasteiger partial charge < -0.3 is 24.4 Å². The predicted octanol–water partition coefficient (Wildman–Crippen LogP) is 2.02. The molecule has 0 spiro atoms. The number of ether oxygens (including phenoxy) is 3. The fourth-order valence-corrected chi connectivity index (χ4v) is 1.99. The number of aliphatic imine (C=N–C) groups is 1. The van der Waals surface area contributed by atoms with Gasteiger partial charge in [-0.05, 0) is 25.5 Å². The van der Waals surface area contributed by atoms with Crippen molar-refractivity contribution in [2.75, 3.05) is 60.2 Å². The van der Waals surface area contributed by atoms with Crippen LogP contribution in [0.3, 0.4) is 0 Å². The standard InChI is InChI=1S/C18H31N3O3/c1-4-19-18(20-11-8-13-23-16-15-22-3)21(2)12-14-24-17-9-6-5-7-10-17/h5-7,9-10H,4,8,11-16H2,1-3H3,(H,19,20). The van der Waals surface area contributed by atoms with Crippen LogP contribution in [0, 0.1) is 0 Å². The summed E-state index contributed by atoms with van der Waals surface area (Å²) >= 11 is 0. The molecule has 1 rings (SSSR count). The maximum atomic E-state index is 5.73. The number of rotatable bonds is 12. The van der Waals surface area contributed by atoms with Gasteiger partial charge in [0.15, 0.2) is 5.96 Å². The lowest BCUT2D eigenvalue weighted by Gasteiger charge is -2.22. The van der Waals surface area contributed by atoms with Gasteiger partial charge in [-0.25, -0.2) is 0 Å². The summed E-state index contributed by atoms with van der Waals surface area (Å²) < 4.78 is 16.1. The van der Waals surface area contributed by atoms with Crippen LogP contribution in [-0.2, 0) is 9.47 Å². The van der Waals surface area contributed by atoms with Gasteiger partial charge in [0.05, 0.1) is 19.8 Å². The quantitative estimate of drug-likeness (QED) is 0.359. The zero-order valence-corrected chi connectivity index (χ0v) is 15.2. The Balaban J connectivity index is 2.27. The zero-order valence-electron chi connectivity index (χ0n) is 15.2. The van der Waals surface area contributed by atoms with E-state index in [4.69, 9.17) is 14.2 Å². The van der Waals surface area contributed by atoms with Crippen LogP contribution in [-0.4, -0.2) is 71.1 Å². The van der Waals surface area contributed by atoms with E-state index < -0.39 is 0 Å². The summed E-state index contributed by atoms with van der Waals surface area (Å²) in [5, 5.41) is 3.30. The Morgan fingerprint density at radius 3 is 2.62 bits per heavy atom. The van der Waals surface area contributed by atoms with Crippen molar-refractivity contribution in [2.24, 2.45) is 4.99 Å². The molecule has 0 aromatic heterocycles. The molecule has 0 aliphatic rings. The van der Waals surface area contributed by atoms with Crippen LogP contribution < -0.4 is 10.1 Å². The number of guanidine groups is 1. The first kappa shape index (κ1) is 20.3. The zero-order chi connectivity index (χ0) is 17.5. The molecule has 0 aliphatic heterocycles. The summed E-state index contributed by atoms with van der Waals surface area (Å²) in [5.74, 6) is 1.78. The van der Waals surface area contributed by atoms with E-state index >= 15 is 0 Å². The maximum Gasteiger partial charge on any atom is 0.193 e. The third kappa shape index (κ3) is 9.37. The molecule has 6 heteroatoms. The first-order valence-electron chi connectivity index (χ1n) is 8.52. The molecule has 0 radical (unpaired) electrons. The second-order valence-corrected chi connectivity index (χ2v) is 5.28. The third-order valence-electron chi connectivity index (χ3n) is 3.28. The summed E-state index contributed by atoms with van der Waals surface area (Å²) in [7, 11) is 3.69. The molecule has 0 unspecified atom stereocenters. The average molecular weight is 337 g/mol. The number of hydrogen-bond acceptors (Lipinski definition) is 4. The van der Waals surface area contributed by atoms with Crippen molar-refractivity contribution in [2.45, 2.75) is 13.3 Å². The van der Waals surface area contributed by atoms with E-state index in [1.54, 1.807) is 7.11 Å². The Labute approximate surface area is 145 Å². The van der Waals surface area contributed by atoms with Crippen LogP contribution in [0.15, 0.2) is 35.3 Å². The van der Waals surface area contributed by atoms with E-state index in [-0.39, 0.29) is 0 Å². The van der Waals surface area contributed by atoms with Crippen LogP contribution in [0.2, 0.25) is 0 Å². The molecule has 0 atom stereocenters. The average Bonchev–Trinajstić information content (AvgIpc) is 2.61. The minimum absolute atomic E-state index is 0.616. The minimum atomic E-state index is 0.616. The van der Waals surface area contributed by atoms with Gasteiger partial charge in [-0.1, -0.05) is 18.2 Å². The summed E-state index contributed by atoms with van der Waals surface area (Å²) in [6.07, 6.45) is 0.896. The number of nitrogens with one attached hydrogen (secondary N) is 1. The molecule has 0 amide bonds. The van der Waals surface area contributed by atoms with Crippen LogP contribution in [0.1, 0.15) is 13.3 Å². The van der Waals surface area contributed by atoms with Gasteiger partial charge in [0.2, 0.25) is 0 Å². The lowest BCUT2D eigenvalue weighted by atomic mass is 10.3.